The minimum Gasteiger partial charge on any atom is -0.462 e. The molecule has 0 aliphatic heterocycles. The molecule has 8 heteroatoms. The zero-order valence-corrected chi connectivity index (χ0v) is 14.7. The lowest BCUT2D eigenvalue weighted by atomic mass is 10.1. The SMILES string of the molecule is CCOC(=O)c1ccc(Nc2nc(-c3ccc([N+](=O)[O-])cc3)cs2)cc1. The van der Waals surface area contributed by atoms with Crippen molar-refractivity contribution in [1.29, 1.82) is 0 Å². The summed E-state index contributed by atoms with van der Waals surface area (Å²) in [5.41, 5.74) is 2.86. The maximum Gasteiger partial charge on any atom is 0.338 e. The summed E-state index contributed by atoms with van der Waals surface area (Å²) in [6, 6.07) is 13.2. The van der Waals surface area contributed by atoms with Crippen LogP contribution < -0.4 is 5.32 Å². The number of ether oxygens (including phenoxy) is 1. The van der Waals surface area contributed by atoms with E-state index >= 15 is 0 Å². The predicted molar refractivity (Wildman–Crippen MR) is 99.9 cm³/mol. The number of anilines is 2. The fourth-order valence-corrected chi connectivity index (χ4v) is 2.99. The number of carbonyl (C=O) groups is 1. The number of carbonyl (C=O) groups excluding carboxylic acids is 1. The minimum atomic E-state index is -0.433. The highest BCUT2D eigenvalue weighted by molar-refractivity contribution is 7.14. The molecule has 0 radical (unpaired) electrons. The summed E-state index contributed by atoms with van der Waals surface area (Å²) in [5, 5.41) is 16.4. The molecule has 2 aromatic carbocycles. The summed E-state index contributed by atoms with van der Waals surface area (Å²) < 4.78 is 4.95. The standard InChI is InChI=1S/C18H15N3O4S/c1-2-25-17(22)13-3-7-14(8-4-13)19-18-20-16(11-26-18)12-5-9-15(10-6-12)21(23)24/h3-11H,2H2,1H3,(H,19,20). The van der Waals surface area contributed by atoms with Crippen LogP contribution in [0.2, 0.25) is 0 Å². The second kappa shape index (κ2) is 7.75. The molecule has 1 N–H and O–H groups in total. The molecule has 3 rings (SSSR count). The van der Waals surface area contributed by atoms with Crippen LogP contribution in [0.3, 0.4) is 0 Å². The van der Waals surface area contributed by atoms with Crippen LogP contribution in [0.5, 0.6) is 0 Å². The summed E-state index contributed by atoms with van der Waals surface area (Å²) in [6.45, 7) is 2.10. The van der Waals surface area contributed by atoms with Crippen LogP contribution in [-0.2, 0) is 4.74 Å². The molecule has 7 nitrogen and oxygen atoms in total. The third-order valence-corrected chi connectivity index (χ3v) is 4.28. The number of hydrogen-bond donors (Lipinski definition) is 1. The highest BCUT2D eigenvalue weighted by Crippen LogP contribution is 2.28. The Morgan fingerprint density at radius 2 is 1.88 bits per heavy atom. The molecule has 0 saturated carbocycles. The lowest BCUT2D eigenvalue weighted by molar-refractivity contribution is -0.384. The summed E-state index contributed by atoms with van der Waals surface area (Å²) in [6.07, 6.45) is 0. The van der Waals surface area contributed by atoms with E-state index in [1.807, 2.05) is 5.38 Å². The number of aromatic nitrogens is 1. The molecule has 1 heterocycles. The molecule has 0 atom stereocenters. The van der Waals surface area contributed by atoms with Crippen LogP contribution in [0, 0.1) is 10.1 Å². The van der Waals surface area contributed by atoms with Crippen molar-refractivity contribution in [3.05, 3.63) is 69.6 Å². The first-order valence-corrected chi connectivity index (χ1v) is 8.69. The first-order chi connectivity index (χ1) is 12.6. The molecule has 3 aromatic rings. The van der Waals surface area contributed by atoms with Gasteiger partial charge in [0, 0.05) is 28.8 Å². The van der Waals surface area contributed by atoms with Crippen LogP contribution in [-0.4, -0.2) is 22.5 Å². The van der Waals surface area contributed by atoms with Crippen LogP contribution >= 0.6 is 11.3 Å². The summed E-state index contributed by atoms with van der Waals surface area (Å²) in [5.74, 6) is -0.353. The molecule has 0 amide bonds. The van der Waals surface area contributed by atoms with Crippen molar-refractivity contribution < 1.29 is 14.5 Å². The smallest absolute Gasteiger partial charge is 0.338 e. The molecule has 0 aliphatic rings. The van der Waals surface area contributed by atoms with Crippen LogP contribution in [0.15, 0.2) is 53.9 Å². The Morgan fingerprint density at radius 3 is 2.50 bits per heavy atom. The molecule has 0 bridgehead atoms. The molecule has 0 unspecified atom stereocenters. The molecular formula is C18H15N3O4S. The first-order valence-electron chi connectivity index (χ1n) is 7.81. The van der Waals surface area contributed by atoms with E-state index in [0.29, 0.717) is 17.3 Å². The Balaban J connectivity index is 1.70. The highest BCUT2D eigenvalue weighted by atomic mass is 32.1. The number of nitrogens with one attached hydrogen (secondary N) is 1. The van der Waals surface area contributed by atoms with Gasteiger partial charge in [0.15, 0.2) is 5.13 Å². The van der Waals surface area contributed by atoms with E-state index in [1.54, 1.807) is 43.3 Å². The average Bonchev–Trinajstić information content (AvgIpc) is 3.11. The van der Waals surface area contributed by atoms with Crippen molar-refractivity contribution in [3.63, 3.8) is 0 Å². The Bertz CT molecular complexity index is 920. The Kier molecular flexibility index (Phi) is 5.23. The number of nitro benzene ring substituents is 1. The zero-order valence-electron chi connectivity index (χ0n) is 13.8. The van der Waals surface area contributed by atoms with Crippen molar-refractivity contribution in [2.75, 3.05) is 11.9 Å². The lowest BCUT2D eigenvalue weighted by Crippen LogP contribution is -2.04. The Morgan fingerprint density at radius 1 is 1.19 bits per heavy atom. The Hall–Kier alpha value is -3.26. The summed E-state index contributed by atoms with van der Waals surface area (Å²) in [7, 11) is 0. The van der Waals surface area contributed by atoms with Gasteiger partial charge in [-0.15, -0.1) is 11.3 Å². The normalized spacial score (nSPS) is 10.3. The number of hydrogen-bond acceptors (Lipinski definition) is 7. The van der Waals surface area contributed by atoms with Crippen molar-refractivity contribution in [2.24, 2.45) is 0 Å². The van der Waals surface area contributed by atoms with Gasteiger partial charge in [-0.25, -0.2) is 9.78 Å². The van der Waals surface area contributed by atoms with Crippen molar-refractivity contribution >= 4 is 33.8 Å². The highest BCUT2D eigenvalue weighted by Gasteiger charge is 2.09. The fourth-order valence-electron chi connectivity index (χ4n) is 2.25. The van der Waals surface area contributed by atoms with Crippen molar-refractivity contribution in [3.8, 4) is 11.3 Å². The van der Waals surface area contributed by atoms with Gasteiger partial charge in [0.25, 0.3) is 5.69 Å². The van der Waals surface area contributed by atoms with Crippen molar-refractivity contribution in [1.82, 2.24) is 4.98 Å². The largest absolute Gasteiger partial charge is 0.462 e. The monoisotopic (exact) mass is 369 g/mol. The topological polar surface area (TPSA) is 94.4 Å². The second-order valence-electron chi connectivity index (χ2n) is 5.26. The number of nitrogens with zero attached hydrogens (tertiary/aromatic N) is 2. The third-order valence-electron chi connectivity index (χ3n) is 3.53. The predicted octanol–water partition coefficient (Wildman–Crippen LogP) is 4.64. The van der Waals surface area contributed by atoms with Crippen LogP contribution in [0.25, 0.3) is 11.3 Å². The van der Waals surface area contributed by atoms with E-state index < -0.39 is 4.92 Å². The number of rotatable bonds is 6. The van der Waals surface area contributed by atoms with Gasteiger partial charge in [0.1, 0.15) is 0 Å². The third kappa shape index (κ3) is 4.04. The quantitative estimate of drug-likeness (QED) is 0.386. The Labute approximate surface area is 153 Å². The van der Waals surface area contributed by atoms with Gasteiger partial charge in [0.2, 0.25) is 0 Å². The molecule has 0 aliphatic carbocycles. The van der Waals surface area contributed by atoms with Gasteiger partial charge < -0.3 is 10.1 Å². The van der Waals surface area contributed by atoms with Gasteiger partial charge >= 0.3 is 5.97 Å². The van der Waals surface area contributed by atoms with Gasteiger partial charge in [-0.2, -0.15) is 0 Å². The van der Waals surface area contributed by atoms with E-state index in [-0.39, 0.29) is 11.7 Å². The number of nitro groups is 1. The molecule has 0 spiro atoms. The van der Waals surface area contributed by atoms with E-state index in [4.69, 9.17) is 4.74 Å². The molecular weight excluding hydrogens is 354 g/mol. The number of thiazole rings is 1. The fraction of sp³-hybridized carbons (Fsp3) is 0.111. The van der Waals surface area contributed by atoms with Gasteiger partial charge in [-0.05, 0) is 43.3 Å². The van der Waals surface area contributed by atoms with E-state index in [1.165, 1.54) is 23.5 Å². The van der Waals surface area contributed by atoms with Crippen LogP contribution in [0.4, 0.5) is 16.5 Å². The van der Waals surface area contributed by atoms with E-state index in [0.717, 1.165) is 16.9 Å². The van der Waals surface area contributed by atoms with Crippen LogP contribution in [0.1, 0.15) is 17.3 Å². The van der Waals surface area contributed by atoms with Gasteiger partial charge in [-0.1, -0.05) is 0 Å². The summed E-state index contributed by atoms with van der Waals surface area (Å²) in [4.78, 5) is 26.4. The lowest BCUT2D eigenvalue weighted by Gasteiger charge is -2.05. The van der Waals surface area contributed by atoms with Gasteiger partial charge in [-0.3, -0.25) is 10.1 Å². The van der Waals surface area contributed by atoms with E-state index in [2.05, 4.69) is 10.3 Å². The number of non-ortho nitro benzene ring substituents is 1. The maximum atomic E-state index is 11.6. The zero-order chi connectivity index (χ0) is 18.5. The maximum absolute atomic E-state index is 11.6. The first kappa shape index (κ1) is 17.6. The molecule has 0 fully saturated rings. The molecule has 1 aromatic heterocycles. The summed E-state index contributed by atoms with van der Waals surface area (Å²) >= 11 is 1.42. The second-order valence-corrected chi connectivity index (χ2v) is 6.12. The average molecular weight is 369 g/mol. The molecule has 132 valence electrons. The van der Waals surface area contributed by atoms with Crippen molar-refractivity contribution in [2.45, 2.75) is 6.92 Å². The molecule has 26 heavy (non-hydrogen) atoms. The minimum absolute atomic E-state index is 0.0454. The number of benzene rings is 2. The number of esters is 1. The van der Waals surface area contributed by atoms with E-state index in [9.17, 15) is 14.9 Å². The molecule has 0 saturated heterocycles. The van der Waals surface area contributed by atoms with Gasteiger partial charge in [0.05, 0.1) is 22.8 Å².